The highest BCUT2D eigenvalue weighted by Gasteiger charge is 2.10. The Kier molecular flexibility index (Phi) is 4.17. The number of hydrogen-bond acceptors (Lipinski definition) is 7. The maximum Gasteiger partial charge on any atom is 0.273 e. The number of nitrogen functional groups attached to an aromatic ring is 1. The molecule has 0 saturated heterocycles. The minimum Gasteiger partial charge on any atom is -0.382 e. The van der Waals surface area contributed by atoms with Gasteiger partial charge in [0.15, 0.2) is 11.5 Å². The van der Waals surface area contributed by atoms with Gasteiger partial charge < -0.3 is 16.4 Å². The number of anilines is 2. The molecule has 4 N–H and O–H groups in total. The molecule has 0 fully saturated rings. The largest absolute Gasteiger partial charge is 0.382 e. The van der Waals surface area contributed by atoms with Crippen LogP contribution in [0.5, 0.6) is 0 Å². The third kappa shape index (κ3) is 3.60. The molecule has 0 bridgehead atoms. The molecule has 0 aliphatic carbocycles. The summed E-state index contributed by atoms with van der Waals surface area (Å²) in [5.41, 5.74) is 5.68. The summed E-state index contributed by atoms with van der Waals surface area (Å²) in [6, 6.07) is 0. The van der Waals surface area contributed by atoms with Crippen LogP contribution in [0, 0.1) is 0 Å². The van der Waals surface area contributed by atoms with E-state index in [2.05, 4.69) is 30.6 Å². The fraction of sp³-hybridized carbons (Fsp3) is 0.182. The van der Waals surface area contributed by atoms with Gasteiger partial charge in [-0.15, -0.1) is 0 Å². The number of carbonyl (C=O) groups is 1. The van der Waals surface area contributed by atoms with Crippen molar-refractivity contribution in [2.45, 2.75) is 0 Å². The first-order valence-corrected chi connectivity index (χ1v) is 5.62. The van der Waals surface area contributed by atoms with E-state index in [0.29, 0.717) is 18.9 Å². The lowest BCUT2D eigenvalue weighted by molar-refractivity contribution is 0.0951. The number of nitrogens with zero attached hydrogens (tertiary/aromatic N) is 4. The average Bonchev–Trinajstić information content (AvgIpc) is 2.45. The molecule has 98 valence electrons. The summed E-state index contributed by atoms with van der Waals surface area (Å²) in [6.45, 7) is 0.927. The highest BCUT2D eigenvalue weighted by atomic mass is 16.1. The van der Waals surface area contributed by atoms with Crippen LogP contribution in [0.3, 0.4) is 0 Å². The zero-order chi connectivity index (χ0) is 13.5. The molecule has 2 rings (SSSR count). The van der Waals surface area contributed by atoms with E-state index in [4.69, 9.17) is 5.73 Å². The number of hydrogen-bond donors (Lipinski definition) is 3. The second-order valence-corrected chi connectivity index (χ2v) is 3.56. The molecule has 0 saturated carbocycles. The van der Waals surface area contributed by atoms with E-state index in [1.54, 1.807) is 18.6 Å². The summed E-state index contributed by atoms with van der Waals surface area (Å²) in [4.78, 5) is 27.3. The van der Waals surface area contributed by atoms with Crippen LogP contribution < -0.4 is 16.4 Å². The van der Waals surface area contributed by atoms with Crippen LogP contribution >= 0.6 is 0 Å². The van der Waals surface area contributed by atoms with Gasteiger partial charge in [-0.1, -0.05) is 0 Å². The van der Waals surface area contributed by atoms with Gasteiger partial charge in [-0.05, 0) is 0 Å². The molecular weight excluding hydrogens is 246 g/mol. The van der Waals surface area contributed by atoms with Crippen molar-refractivity contribution in [3.63, 3.8) is 0 Å². The third-order valence-corrected chi connectivity index (χ3v) is 2.22. The molecule has 8 nitrogen and oxygen atoms in total. The lowest BCUT2D eigenvalue weighted by atomic mass is 10.4. The second kappa shape index (κ2) is 6.24. The summed E-state index contributed by atoms with van der Waals surface area (Å²) in [6.07, 6.45) is 7.62. The van der Waals surface area contributed by atoms with Crippen LogP contribution in [0.4, 0.5) is 11.6 Å². The molecule has 2 heterocycles. The number of carbonyl (C=O) groups excluding carboxylic acids is 1. The van der Waals surface area contributed by atoms with Gasteiger partial charge in [-0.25, -0.2) is 15.0 Å². The molecule has 0 aliphatic rings. The smallest absolute Gasteiger partial charge is 0.273 e. The Labute approximate surface area is 109 Å². The van der Waals surface area contributed by atoms with Crippen LogP contribution in [0.25, 0.3) is 0 Å². The molecule has 2 aromatic rings. The van der Waals surface area contributed by atoms with Gasteiger partial charge >= 0.3 is 0 Å². The molecule has 0 radical (unpaired) electrons. The normalized spacial score (nSPS) is 9.89. The Balaban J connectivity index is 1.77. The van der Waals surface area contributed by atoms with Crippen LogP contribution in [-0.4, -0.2) is 38.9 Å². The third-order valence-electron chi connectivity index (χ3n) is 2.22. The summed E-state index contributed by atoms with van der Waals surface area (Å²) in [5.74, 6) is 0.407. The van der Waals surface area contributed by atoms with Gasteiger partial charge in [0.1, 0.15) is 5.82 Å². The number of amides is 1. The van der Waals surface area contributed by atoms with Crippen molar-refractivity contribution in [1.29, 1.82) is 0 Å². The van der Waals surface area contributed by atoms with Crippen molar-refractivity contribution in [3.05, 3.63) is 36.7 Å². The summed E-state index contributed by atoms with van der Waals surface area (Å²) in [7, 11) is 0. The highest BCUT2D eigenvalue weighted by molar-refractivity contribution is 5.96. The maximum atomic E-state index is 11.7. The van der Waals surface area contributed by atoms with Gasteiger partial charge in [0.25, 0.3) is 5.91 Å². The molecule has 0 unspecified atom stereocenters. The number of aromatic nitrogens is 4. The molecule has 1 amide bonds. The van der Waals surface area contributed by atoms with E-state index in [-0.39, 0.29) is 17.4 Å². The number of nitrogens with one attached hydrogen (secondary N) is 2. The summed E-state index contributed by atoms with van der Waals surface area (Å²) in [5, 5.41) is 5.69. The Morgan fingerprint density at radius 3 is 2.63 bits per heavy atom. The van der Waals surface area contributed by atoms with Crippen LogP contribution in [0.1, 0.15) is 10.5 Å². The predicted molar refractivity (Wildman–Crippen MR) is 69.3 cm³/mol. The monoisotopic (exact) mass is 259 g/mol. The first kappa shape index (κ1) is 12.7. The fourth-order valence-corrected chi connectivity index (χ4v) is 1.36. The standard InChI is InChI=1S/C11H13N7O/c12-10-9(16-4-5-17-10)11(19)18-6-3-15-8-7-13-1-2-14-8/h1-2,4-5,7H,3,6H2,(H2,12,17)(H,14,15)(H,18,19). The molecule has 0 spiro atoms. The molecule has 0 aliphatic heterocycles. The first-order valence-electron chi connectivity index (χ1n) is 5.62. The van der Waals surface area contributed by atoms with Gasteiger partial charge in [-0.3, -0.25) is 9.78 Å². The Hall–Kier alpha value is -2.77. The minimum absolute atomic E-state index is 0.113. The van der Waals surface area contributed by atoms with Crippen LogP contribution in [0.15, 0.2) is 31.0 Å². The van der Waals surface area contributed by atoms with E-state index in [0.717, 1.165) is 0 Å². The first-order chi connectivity index (χ1) is 9.27. The van der Waals surface area contributed by atoms with Crippen molar-refractivity contribution < 1.29 is 4.79 Å². The van der Waals surface area contributed by atoms with E-state index >= 15 is 0 Å². The highest BCUT2D eigenvalue weighted by Crippen LogP contribution is 2.01. The average molecular weight is 259 g/mol. The zero-order valence-electron chi connectivity index (χ0n) is 10.1. The molecular formula is C11H13N7O. The van der Waals surface area contributed by atoms with Gasteiger partial charge in [0, 0.05) is 37.9 Å². The predicted octanol–water partition coefficient (Wildman–Crippen LogP) is -0.309. The Morgan fingerprint density at radius 1 is 1.11 bits per heavy atom. The quantitative estimate of drug-likeness (QED) is 0.630. The number of nitrogens with two attached hydrogens (primary N) is 1. The Morgan fingerprint density at radius 2 is 1.89 bits per heavy atom. The van der Waals surface area contributed by atoms with E-state index in [9.17, 15) is 4.79 Å². The fourth-order valence-electron chi connectivity index (χ4n) is 1.36. The molecule has 0 aromatic carbocycles. The van der Waals surface area contributed by atoms with Gasteiger partial charge in [-0.2, -0.15) is 0 Å². The molecule has 8 heteroatoms. The van der Waals surface area contributed by atoms with Crippen molar-refractivity contribution in [1.82, 2.24) is 25.3 Å². The maximum absolute atomic E-state index is 11.7. The SMILES string of the molecule is Nc1nccnc1C(=O)NCCNc1cnccn1. The van der Waals surface area contributed by atoms with Crippen molar-refractivity contribution >= 4 is 17.5 Å². The minimum atomic E-state index is -0.355. The summed E-state index contributed by atoms with van der Waals surface area (Å²) >= 11 is 0. The topological polar surface area (TPSA) is 119 Å². The zero-order valence-corrected chi connectivity index (χ0v) is 10.1. The lowest BCUT2D eigenvalue weighted by Crippen LogP contribution is -2.30. The van der Waals surface area contributed by atoms with Crippen molar-refractivity contribution in [2.75, 3.05) is 24.1 Å². The van der Waals surface area contributed by atoms with Gasteiger partial charge in [0.05, 0.1) is 6.20 Å². The molecule has 2 aromatic heterocycles. The molecule has 19 heavy (non-hydrogen) atoms. The second-order valence-electron chi connectivity index (χ2n) is 3.56. The van der Waals surface area contributed by atoms with Crippen LogP contribution in [-0.2, 0) is 0 Å². The Bertz CT molecular complexity index is 546. The number of rotatable bonds is 5. The van der Waals surface area contributed by atoms with E-state index < -0.39 is 0 Å². The van der Waals surface area contributed by atoms with Crippen molar-refractivity contribution in [2.24, 2.45) is 0 Å². The van der Waals surface area contributed by atoms with E-state index in [1.807, 2.05) is 0 Å². The van der Waals surface area contributed by atoms with Gasteiger partial charge in [0.2, 0.25) is 0 Å². The van der Waals surface area contributed by atoms with E-state index in [1.165, 1.54) is 12.4 Å². The summed E-state index contributed by atoms with van der Waals surface area (Å²) < 4.78 is 0. The lowest BCUT2D eigenvalue weighted by Gasteiger charge is -2.07. The molecule has 0 atom stereocenters. The van der Waals surface area contributed by atoms with Crippen molar-refractivity contribution in [3.8, 4) is 0 Å². The van der Waals surface area contributed by atoms with Crippen LogP contribution in [0.2, 0.25) is 0 Å².